The topological polar surface area (TPSA) is 84.5 Å². The third-order valence-corrected chi connectivity index (χ3v) is 4.70. The van der Waals surface area contributed by atoms with Gasteiger partial charge in [0, 0.05) is 11.1 Å². The number of methoxy groups -OCH3 is 1. The van der Waals surface area contributed by atoms with Gasteiger partial charge >= 0.3 is 5.97 Å². The Morgan fingerprint density at radius 1 is 0.667 bits per heavy atom. The summed E-state index contributed by atoms with van der Waals surface area (Å²) < 4.78 is 4.61. The van der Waals surface area contributed by atoms with Crippen LogP contribution in [0.1, 0.15) is 43.6 Å². The molecule has 2 amide bonds. The van der Waals surface area contributed by atoms with Crippen molar-refractivity contribution in [2.45, 2.75) is 13.3 Å². The van der Waals surface area contributed by atoms with Crippen LogP contribution in [0.2, 0.25) is 0 Å². The van der Waals surface area contributed by atoms with Gasteiger partial charge in [0.2, 0.25) is 0 Å². The van der Waals surface area contributed by atoms with E-state index in [0.717, 1.165) is 17.5 Å². The van der Waals surface area contributed by atoms with Gasteiger partial charge in [0.1, 0.15) is 0 Å². The van der Waals surface area contributed by atoms with Crippen LogP contribution in [0.3, 0.4) is 0 Å². The molecule has 2 N–H and O–H groups in total. The highest BCUT2D eigenvalue weighted by molar-refractivity contribution is 6.00. The standard InChI is InChI=1S/C24H22N2O4/c1-3-16-4-6-17(7-5-16)18-8-10-19(11-9-18)22(27)25-26-23(28)20-12-14-21(15-13-20)24(29)30-2/h4-15H,3H2,1-2H3,(H,25,27)(H,26,28). The van der Waals surface area contributed by atoms with Crippen molar-refractivity contribution < 1.29 is 19.1 Å². The van der Waals surface area contributed by atoms with Crippen molar-refractivity contribution in [1.29, 1.82) is 0 Å². The third-order valence-electron chi connectivity index (χ3n) is 4.70. The molecule has 3 rings (SSSR count). The van der Waals surface area contributed by atoms with E-state index in [-0.39, 0.29) is 0 Å². The Balaban J connectivity index is 1.59. The zero-order valence-corrected chi connectivity index (χ0v) is 16.8. The van der Waals surface area contributed by atoms with Gasteiger partial charge in [0.15, 0.2) is 0 Å². The minimum Gasteiger partial charge on any atom is -0.465 e. The molecule has 152 valence electrons. The second-order valence-electron chi connectivity index (χ2n) is 6.61. The number of ether oxygens (including phenoxy) is 1. The van der Waals surface area contributed by atoms with E-state index < -0.39 is 17.8 Å². The van der Waals surface area contributed by atoms with Crippen LogP contribution in [-0.2, 0) is 11.2 Å². The van der Waals surface area contributed by atoms with Gasteiger partial charge in [-0.3, -0.25) is 20.4 Å². The van der Waals surface area contributed by atoms with Gasteiger partial charge in [-0.2, -0.15) is 0 Å². The van der Waals surface area contributed by atoms with Crippen molar-refractivity contribution in [3.05, 3.63) is 95.1 Å². The fourth-order valence-electron chi connectivity index (χ4n) is 2.88. The molecular formula is C24H22N2O4. The summed E-state index contributed by atoms with van der Waals surface area (Å²) in [6.07, 6.45) is 0.987. The van der Waals surface area contributed by atoms with Crippen molar-refractivity contribution in [3.63, 3.8) is 0 Å². The first-order valence-electron chi connectivity index (χ1n) is 9.50. The van der Waals surface area contributed by atoms with Crippen LogP contribution in [0, 0.1) is 0 Å². The fourth-order valence-corrected chi connectivity index (χ4v) is 2.88. The average Bonchev–Trinajstić information content (AvgIpc) is 2.82. The summed E-state index contributed by atoms with van der Waals surface area (Å²) in [6, 6.07) is 21.3. The van der Waals surface area contributed by atoms with E-state index in [0.29, 0.717) is 16.7 Å². The number of amides is 2. The highest BCUT2D eigenvalue weighted by atomic mass is 16.5. The minimum absolute atomic E-state index is 0.300. The maximum Gasteiger partial charge on any atom is 0.337 e. The van der Waals surface area contributed by atoms with Crippen molar-refractivity contribution in [1.82, 2.24) is 10.9 Å². The molecule has 0 aromatic heterocycles. The Morgan fingerprint density at radius 3 is 1.50 bits per heavy atom. The van der Waals surface area contributed by atoms with Crippen LogP contribution >= 0.6 is 0 Å². The lowest BCUT2D eigenvalue weighted by Gasteiger charge is -2.09. The number of nitrogens with one attached hydrogen (secondary N) is 2. The van der Waals surface area contributed by atoms with Gasteiger partial charge in [0.25, 0.3) is 11.8 Å². The SMILES string of the molecule is CCc1ccc(-c2ccc(C(=O)NNC(=O)c3ccc(C(=O)OC)cc3)cc2)cc1. The van der Waals surface area contributed by atoms with Crippen molar-refractivity contribution in [3.8, 4) is 11.1 Å². The molecule has 3 aromatic carbocycles. The van der Waals surface area contributed by atoms with E-state index in [1.165, 1.54) is 36.9 Å². The molecule has 0 fully saturated rings. The number of carbonyl (C=O) groups is 3. The zero-order valence-electron chi connectivity index (χ0n) is 16.8. The molecule has 3 aromatic rings. The Morgan fingerprint density at radius 2 is 1.07 bits per heavy atom. The van der Waals surface area contributed by atoms with Crippen molar-refractivity contribution in [2.24, 2.45) is 0 Å². The van der Waals surface area contributed by atoms with Crippen molar-refractivity contribution in [2.75, 3.05) is 7.11 Å². The molecule has 0 aliphatic rings. The highest BCUT2D eigenvalue weighted by Crippen LogP contribution is 2.20. The Hall–Kier alpha value is -3.93. The van der Waals surface area contributed by atoms with Gasteiger partial charge in [-0.15, -0.1) is 0 Å². The van der Waals surface area contributed by atoms with Crippen LogP contribution in [0.15, 0.2) is 72.8 Å². The van der Waals surface area contributed by atoms with Gasteiger partial charge in [-0.25, -0.2) is 4.79 Å². The molecular weight excluding hydrogens is 380 g/mol. The molecule has 6 heteroatoms. The second kappa shape index (κ2) is 9.52. The lowest BCUT2D eigenvalue weighted by atomic mass is 10.0. The van der Waals surface area contributed by atoms with Crippen LogP contribution in [0.4, 0.5) is 0 Å². The lowest BCUT2D eigenvalue weighted by Crippen LogP contribution is -2.41. The van der Waals surface area contributed by atoms with E-state index in [2.05, 4.69) is 46.8 Å². The number of hydrogen-bond donors (Lipinski definition) is 2. The molecule has 0 unspecified atom stereocenters. The van der Waals surface area contributed by atoms with E-state index >= 15 is 0 Å². The minimum atomic E-state index is -0.493. The number of hydrogen-bond acceptors (Lipinski definition) is 4. The number of benzene rings is 3. The average molecular weight is 402 g/mol. The second-order valence-corrected chi connectivity index (χ2v) is 6.61. The quantitative estimate of drug-likeness (QED) is 0.503. The molecule has 6 nitrogen and oxygen atoms in total. The van der Waals surface area contributed by atoms with Gasteiger partial charge < -0.3 is 4.74 Å². The summed E-state index contributed by atoms with van der Waals surface area (Å²) in [4.78, 5) is 35.9. The zero-order chi connectivity index (χ0) is 21.5. The summed E-state index contributed by atoms with van der Waals surface area (Å²) in [7, 11) is 1.28. The van der Waals surface area contributed by atoms with Crippen LogP contribution in [-0.4, -0.2) is 24.9 Å². The molecule has 0 bridgehead atoms. The monoisotopic (exact) mass is 402 g/mol. The summed E-state index contributed by atoms with van der Waals surface area (Å²) in [5.74, 6) is -1.41. The predicted molar refractivity (Wildman–Crippen MR) is 114 cm³/mol. The Bertz CT molecular complexity index is 1040. The summed E-state index contributed by atoms with van der Waals surface area (Å²) >= 11 is 0. The molecule has 0 atom stereocenters. The maximum absolute atomic E-state index is 12.3. The van der Waals surface area contributed by atoms with E-state index in [1.807, 2.05) is 12.1 Å². The first-order chi connectivity index (χ1) is 14.5. The van der Waals surface area contributed by atoms with Gasteiger partial charge in [-0.1, -0.05) is 43.3 Å². The molecule has 0 aliphatic heterocycles. The first kappa shape index (κ1) is 20.8. The Labute approximate surface area is 174 Å². The molecule has 30 heavy (non-hydrogen) atoms. The van der Waals surface area contributed by atoms with Crippen LogP contribution in [0.25, 0.3) is 11.1 Å². The van der Waals surface area contributed by atoms with Gasteiger partial charge in [0.05, 0.1) is 12.7 Å². The lowest BCUT2D eigenvalue weighted by molar-refractivity contribution is 0.0600. The molecule has 0 aliphatic carbocycles. The number of aryl methyl sites for hydroxylation is 1. The summed E-state index contributed by atoms with van der Waals surface area (Å²) in [5, 5.41) is 0. The molecule has 0 saturated carbocycles. The van der Waals surface area contributed by atoms with E-state index in [1.54, 1.807) is 12.1 Å². The highest BCUT2D eigenvalue weighted by Gasteiger charge is 2.11. The third kappa shape index (κ3) is 4.91. The molecule has 0 saturated heterocycles. The molecule has 0 radical (unpaired) electrons. The van der Waals surface area contributed by atoms with Gasteiger partial charge in [-0.05, 0) is 59.5 Å². The van der Waals surface area contributed by atoms with Crippen LogP contribution in [0.5, 0.6) is 0 Å². The number of carbonyl (C=O) groups excluding carboxylic acids is 3. The van der Waals surface area contributed by atoms with E-state index in [9.17, 15) is 14.4 Å². The maximum atomic E-state index is 12.3. The smallest absolute Gasteiger partial charge is 0.337 e. The van der Waals surface area contributed by atoms with E-state index in [4.69, 9.17) is 0 Å². The number of rotatable bonds is 5. The summed E-state index contributed by atoms with van der Waals surface area (Å²) in [5.41, 5.74) is 9.16. The van der Waals surface area contributed by atoms with Crippen LogP contribution < -0.4 is 10.9 Å². The Kier molecular flexibility index (Phi) is 6.60. The van der Waals surface area contributed by atoms with Crippen molar-refractivity contribution >= 4 is 17.8 Å². The fraction of sp³-hybridized carbons (Fsp3) is 0.125. The normalized spacial score (nSPS) is 10.2. The summed E-state index contributed by atoms with van der Waals surface area (Å²) in [6.45, 7) is 2.11. The molecule has 0 heterocycles. The molecule has 0 spiro atoms. The first-order valence-corrected chi connectivity index (χ1v) is 9.50. The number of hydrazine groups is 1. The predicted octanol–water partition coefficient (Wildman–Crippen LogP) is 3.78. The largest absolute Gasteiger partial charge is 0.465 e. The number of esters is 1.